The maximum absolute atomic E-state index is 13.2. The van der Waals surface area contributed by atoms with Crippen molar-refractivity contribution in [2.45, 2.75) is 37.8 Å². The average Bonchev–Trinajstić information content (AvgIpc) is 2.63. The number of hydrogen-bond acceptors (Lipinski definition) is 3. The third-order valence-corrected chi connectivity index (χ3v) is 5.31. The molecule has 9 heteroatoms. The van der Waals surface area contributed by atoms with E-state index in [1.165, 1.54) is 30.6 Å². The monoisotopic (exact) mass is 430 g/mol. The van der Waals surface area contributed by atoms with Crippen molar-refractivity contribution in [2.75, 3.05) is 10.6 Å². The quantitative estimate of drug-likeness (QED) is 0.579. The van der Waals surface area contributed by atoms with Gasteiger partial charge in [0, 0.05) is 24.1 Å². The number of nitrogens with one attached hydrogen (secondary N) is 3. The normalized spacial score (nSPS) is 19.4. The number of hydrogen-bond donors (Lipinski definition) is 3. The molecule has 0 saturated heterocycles. The minimum absolute atomic E-state index is 0.0290. The number of nitrogens with zero attached hydrogens (tertiary/aromatic N) is 1. The first-order chi connectivity index (χ1) is 12.9. The predicted octanol–water partition coefficient (Wildman–Crippen LogP) is 5.73. The average molecular weight is 432 g/mol. The fourth-order valence-electron chi connectivity index (χ4n) is 3.12. The van der Waals surface area contributed by atoms with Crippen molar-refractivity contribution in [2.24, 2.45) is 0 Å². The Kier molecular flexibility index (Phi) is 6.63. The molecular formula is C18H18Cl3FN4O. The van der Waals surface area contributed by atoms with Gasteiger partial charge in [-0.2, -0.15) is 0 Å². The van der Waals surface area contributed by atoms with Crippen LogP contribution >= 0.6 is 34.8 Å². The summed E-state index contributed by atoms with van der Waals surface area (Å²) in [5.74, 6) is -0.537. The highest BCUT2D eigenvalue weighted by Crippen LogP contribution is 2.32. The number of carbonyl (C=O) groups excluding carboxylic acids is 1. The zero-order chi connectivity index (χ0) is 19.4. The predicted molar refractivity (Wildman–Crippen MR) is 107 cm³/mol. The van der Waals surface area contributed by atoms with Crippen LogP contribution in [0.25, 0.3) is 0 Å². The van der Waals surface area contributed by atoms with Crippen molar-refractivity contribution in [3.8, 4) is 0 Å². The van der Waals surface area contributed by atoms with E-state index < -0.39 is 5.82 Å². The number of halogens is 4. The number of pyridine rings is 1. The second-order valence-corrected chi connectivity index (χ2v) is 7.57. The Balaban J connectivity index is 1.66. The van der Waals surface area contributed by atoms with Gasteiger partial charge >= 0.3 is 6.03 Å². The number of urea groups is 1. The SMILES string of the molecule is O=C(Nc1ccc(F)c(Cl)c1)N[C@H]1CCCC[C@H]1Nc1c(Cl)cncc1Cl. The summed E-state index contributed by atoms with van der Waals surface area (Å²) in [6.07, 6.45) is 6.75. The van der Waals surface area contributed by atoms with Crippen molar-refractivity contribution in [3.63, 3.8) is 0 Å². The Hall–Kier alpha value is -1.76. The molecule has 3 N–H and O–H groups in total. The molecule has 2 atom stereocenters. The summed E-state index contributed by atoms with van der Waals surface area (Å²) in [5, 5.41) is 9.78. The van der Waals surface area contributed by atoms with E-state index in [1.807, 2.05) is 0 Å². The molecule has 2 aromatic rings. The second-order valence-electron chi connectivity index (χ2n) is 6.35. The van der Waals surface area contributed by atoms with Crippen LogP contribution < -0.4 is 16.0 Å². The van der Waals surface area contributed by atoms with Gasteiger partial charge in [0.1, 0.15) is 5.82 Å². The fourth-order valence-corrected chi connectivity index (χ4v) is 3.77. The van der Waals surface area contributed by atoms with E-state index in [0.717, 1.165) is 25.7 Å². The van der Waals surface area contributed by atoms with E-state index in [9.17, 15) is 9.18 Å². The van der Waals surface area contributed by atoms with Gasteiger partial charge in [0.05, 0.1) is 26.8 Å². The lowest BCUT2D eigenvalue weighted by molar-refractivity contribution is 0.242. The maximum Gasteiger partial charge on any atom is 0.319 e. The number of rotatable bonds is 4. The summed E-state index contributed by atoms with van der Waals surface area (Å²) >= 11 is 18.1. The first kappa shape index (κ1) is 20.0. The minimum atomic E-state index is -0.537. The third kappa shape index (κ3) is 5.15. The smallest absolute Gasteiger partial charge is 0.319 e. The largest absolute Gasteiger partial charge is 0.378 e. The van der Waals surface area contributed by atoms with Crippen molar-refractivity contribution >= 4 is 52.2 Å². The van der Waals surface area contributed by atoms with Gasteiger partial charge in [-0.25, -0.2) is 9.18 Å². The van der Waals surface area contributed by atoms with E-state index in [1.54, 1.807) is 0 Å². The van der Waals surface area contributed by atoms with Crippen LogP contribution in [0.4, 0.5) is 20.6 Å². The molecule has 1 aromatic heterocycles. The van der Waals surface area contributed by atoms with Crippen molar-refractivity contribution in [1.82, 2.24) is 10.3 Å². The van der Waals surface area contributed by atoms with Crippen molar-refractivity contribution in [1.29, 1.82) is 0 Å². The molecule has 0 unspecified atom stereocenters. The van der Waals surface area contributed by atoms with E-state index in [0.29, 0.717) is 21.4 Å². The van der Waals surface area contributed by atoms with Crippen molar-refractivity contribution < 1.29 is 9.18 Å². The Labute approximate surface area is 171 Å². The second kappa shape index (κ2) is 8.95. The van der Waals surface area contributed by atoms with Crippen LogP contribution in [0, 0.1) is 5.82 Å². The lowest BCUT2D eigenvalue weighted by atomic mass is 9.90. The van der Waals surface area contributed by atoms with Crippen LogP contribution in [0.5, 0.6) is 0 Å². The number of amides is 2. The molecule has 0 radical (unpaired) electrons. The van der Waals surface area contributed by atoms with Gasteiger partial charge < -0.3 is 16.0 Å². The number of benzene rings is 1. The summed E-state index contributed by atoms with van der Waals surface area (Å²) in [6.45, 7) is 0. The molecule has 1 fully saturated rings. The molecule has 0 bridgehead atoms. The molecule has 2 amide bonds. The van der Waals surface area contributed by atoms with Crippen LogP contribution in [-0.2, 0) is 0 Å². The van der Waals surface area contributed by atoms with Gasteiger partial charge in [0.2, 0.25) is 0 Å². The molecule has 1 aromatic carbocycles. The number of carbonyl (C=O) groups is 1. The van der Waals surface area contributed by atoms with E-state index in [-0.39, 0.29) is 23.1 Å². The van der Waals surface area contributed by atoms with Crippen LogP contribution in [0.2, 0.25) is 15.1 Å². The highest BCUT2D eigenvalue weighted by molar-refractivity contribution is 6.38. The lowest BCUT2D eigenvalue weighted by Crippen LogP contribution is -2.49. The first-order valence-electron chi connectivity index (χ1n) is 8.52. The van der Waals surface area contributed by atoms with Gasteiger partial charge in [-0.15, -0.1) is 0 Å². The fraction of sp³-hybridized carbons (Fsp3) is 0.333. The summed E-state index contributed by atoms with van der Waals surface area (Å²) in [5.41, 5.74) is 1.03. The molecule has 144 valence electrons. The zero-order valence-electron chi connectivity index (χ0n) is 14.2. The molecule has 0 spiro atoms. The zero-order valence-corrected chi connectivity index (χ0v) is 16.5. The lowest BCUT2D eigenvalue weighted by Gasteiger charge is -2.33. The summed E-state index contributed by atoms with van der Waals surface area (Å²) in [7, 11) is 0. The highest BCUT2D eigenvalue weighted by atomic mass is 35.5. The first-order valence-corrected chi connectivity index (χ1v) is 9.65. The number of aromatic nitrogens is 1. The Morgan fingerprint density at radius 3 is 2.37 bits per heavy atom. The van der Waals surface area contributed by atoms with Gasteiger partial charge in [0.25, 0.3) is 0 Å². The van der Waals surface area contributed by atoms with Gasteiger partial charge in [-0.3, -0.25) is 4.98 Å². The Morgan fingerprint density at radius 2 is 1.70 bits per heavy atom. The van der Waals surface area contributed by atoms with Crippen LogP contribution in [0.1, 0.15) is 25.7 Å². The number of anilines is 2. The maximum atomic E-state index is 13.2. The molecule has 1 aliphatic rings. The molecule has 1 saturated carbocycles. The molecular weight excluding hydrogens is 414 g/mol. The molecule has 0 aliphatic heterocycles. The van der Waals surface area contributed by atoms with Crippen molar-refractivity contribution in [3.05, 3.63) is 51.5 Å². The summed E-state index contributed by atoms with van der Waals surface area (Å²) < 4.78 is 13.2. The molecule has 3 rings (SSSR count). The van der Waals surface area contributed by atoms with E-state index in [4.69, 9.17) is 34.8 Å². The summed E-state index contributed by atoms with van der Waals surface area (Å²) in [4.78, 5) is 16.3. The van der Waals surface area contributed by atoms with Crippen LogP contribution in [0.3, 0.4) is 0 Å². The Morgan fingerprint density at radius 1 is 1.04 bits per heavy atom. The molecule has 1 aliphatic carbocycles. The minimum Gasteiger partial charge on any atom is -0.378 e. The highest BCUT2D eigenvalue weighted by Gasteiger charge is 2.27. The van der Waals surface area contributed by atoms with E-state index in [2.05, 4.69) is 20.9 Å². The third-order valence-electron chi connectivity index (χ3n) is 4.44. The van der Waals surface area contributed by atoms with Gasteiger partial charge in [-0.1, -0.05) is 47.6 Å². The Bertz CT molecular complexity index is 816. The van der Waals surface area contributed by atoms with Gasteiger partial charge in [-0.05, 0) is 31.0 Å². The standard InChI is InChI=1S/C18H18Cl3FN4O/c19-11-7-10(5-6-14(11)22)24-18(27)26-16-4-2-1-3-15(16)25-17-12(20)8-23-9-13(17)21/h5-9,15-16H,1-4H2,(H,23,25)(H2,24,26,27)/t15-,16+/m1/s1. The molecule has 27 heavy (non-hydrogen) atoms. The topological polar surface area (TPSA) is 66.1 Å². The van der Waals surface area contributed by atoms with Gasteiger partial charge in [0.15, 0.2) is 0 Å². The van der Waals surface area contributed by atoms with Crippen LogP contribution in [-0.4, -0.2) is 23.1 Å². The molecule has 5 nitrogen and oxygen atoms in total. The van der Waals surface area contributed by atoms with Crippen LogP contribution in [0.15, 0.2) is 30.6 Å². The summed E-state index contributed by atoms with van der Waals surface area (Å²) in [6, 6.07) is 3.49. The van der Waals surface area contributed by atoms with E-state index >= 15 is 0 Å². The molecule has 1 heterocycles.